The maximum Gasteiger partial charge on any atom is 0.331 e. The number of hydrogen-bond acceptors (Lipinski definition) is 1. The third-order valence-corrected chi connectivity index (χ3v) is 1.39. The van der Waals surface area contributed by atoms with Crippen molar-refractivity contribution in [1.29, 1.82) is 0 Å². The molecule has 0 spiro atoms. The van der Waals surface area contributed by atoms with E-state index in [1.54, 1.807) is 6.08 Å². The predicted molar refractivity (Wildman–Crippen MR) is 40.8 cm³/mol. The van der Waals surface area contributed by atoms with Crippen molar-refractivity contribution in [3.05, 3.63) is 24.8 Å². The van der Waals surface area contributed by atoms with Gasteiger partial charge in [-0.25, -0.2) is 4.79 Å². The van der Waals surface area contributed by atoms with Crippen molar-refractivity contribution < 1.29 is 9.90 Å². The topological polar surface area (TPSA) is 37.3 Å². The molecule has 0 saturated heterocycles. The van der Waals surface area contributed by atoms with Crippen molar-refractivity contribution in [2.45, 2.75) is 13.3 Å². The van der Waals surface area contributed by atoms with Gasteiger partial charge in [-0.3, -0.25) is 0 Å². The first-order chi connectivity index (χ1) is 4.59. The molecule has 0 aliphatic carbocycles. The summed E-state index contributed by atoms with van der Waals surface area (Å²) in [5, 5.41) is 8.45. The van der Waals surface area contributed by atoms with Gasteiger partial charge in [0.15, 0.2) is 0 Å². The molecule has 1 unspecified atom stereocenters. The van der Waals surface area contributed by atoms with E-state index >= 15 is 0 Å². The molecule has 0 aromatic carbocycles. The Balaban J connectivity index is 3.94. The molecule has 0 radical (unpaired) electrons. The van der Waals surface area contributed by atoms with E-state index in [0.29, 0.717) is 6.42 Å². The molecule has 0 aliphatic rings. The predicted octanol–water partition coefficient (Wildman–Crippen LogP) is 1.84. The third kappa shape index (κ3) is 2.49. The van der Waals surface area contributed by atoms with Crippen LogP contribution in [0.25, 0.3) is 0 Å². The van der Waals surface area contributed by atoms with E-state index in [-0.39, 0.29) is 11.5 Å². The van der Waals surface area contributed by atoms with Crippen LogP contribution in [0.5, 0.6) is 0 Å². The van der Waals surface area contributed by atoms with Crippen LogP contribution in [0.4, 0.5) is 0 Å². The highest BCUT2D eigenvalue weighted by Gasteiger charge is 2.10. The van der Waals surface area contributed by atoms with Crippen molar-refractivity contribution >= 4 is 5.97 Å². The van der Waals surface area contributed by atoms with E-state index in [1.165, 1.54) is 0 Å². The van der Waals surface area contributed by atoms with Gasteiger partial charge in [0.05, 0.1) is 0 Å². The van der Waals surface area contributed by atoms with E-state index in [2.05, 4.69) is 13.2 Å². The van der Waals surface area contributed by atoms with Gasteiger partial charge in [0, 0.05) is 5.57 Å². The molecule has 0 heterocycles. The first-order valence-electron chi connectivity index (χ1n) is 3.12. The molecule has 2 nitrogen and oxygen atoms in total. The number of carbonyl (C=O) groups is 1. The van der Waals surface area contributed by atoms with E-state index < -0.39 is 5.97 Å². The fourth-order valence-electron chi connectivity index (χ4n) is 0.603. The van der Waals surface area contributed by atoms with Crippen molar-refractivity contribution in [2.24, 2.45) is 5.92 Å². The second-order valence-corrected chi connectivity index (χ2v) is 2.26. The Morgan fingerprint density at radius 3 is 2.60 bits per heavy atom. The molecular weight excluding hydrogens is 128 g/mol. The normalized spacial score (nSPS) is 12.1. The Labute approximate surface area is 60.9 Å². The average Bonchev–Trinajstić information content (AvgIpc) is 1.87. The van der Waals surface area contributed by atoms with Crippen molar-refractivity contribution in [3.63, 3.8) is 0 Å². The Kier molecular flexibility index (Phi) is 3.47. The largest absolute Gasteiger partial charge is 0.478 e. The smallest absolute Gasteiger partial charge is 0.331 e. The van der Waals surface area contributed by atoms with E-state index in [4.69, 9.17) is 5.11 Å². The van der Waals surface area contributed by atoms with Crippen LogP contribution in [-0.4, -0.2) is 11.1 Å². The molecule has 0 rings (SSSR count). The minimum absolute atomic E-state index is 0.00463. The molecule has 0 aromatic rings. The van der Waals surface area contributed by atoms with Crippen molar-refractivity contribution in [2.75, 3.05) is 0 Å². The number of allylic oxidation sites excluding steroid dienone is 1. The quantitative estimate of drug-likeness (QED) is 0.478. The van der Waals surface area contributed by atoms with Gasteiger partial charge in [0.25, 0.3) is 0 Å². The lowest BCUT2D eigenvalue weighted by Gasteiger charge is -2.06. The first-order valence-corrected chi connectivity index (χ1v) is 3.12. The maximum atomic E-state index is 10.3. The highest BCUT2D eigenvalue weighted by molar-refractivity contribution is 5.86. The van der Waals surface area contributed by atoms with Crippen LogP contribution in [0, 0.1) is 5.92 Å². The fourth-order valence-corrected chi connectivity index (χ4v) is 0.603. The van der Waals surface area contributed by atoms with Crippen LogP contribution < -0.4 is 0 Å². The highest BCUT2D eigenvalue weighted by Crippen LogP contribution is 2.12. The Hall–Kier alpha value is -1.05. The van der Waals surface area contributed by atoms with Crippen molar-refractivity contribution in [1.82, 2.24) is 0 Å². The van der Waals surface area contributed by atoms with Crippen LogP contribution in [-0.2, 0) is 4.79 Å². The zero-order valence-corrected chi connectivity index (χ0v) is 6.13. The van der Waals surface area contributed by atoms with E-state index in [0.717, 1.165) is 0 Å². The molecule has 0 saturated carbocycles. The number of aliphatic carboxylic acids is 1. The summed E-state index contributed by atoms with van der Waals surface area (Å²) >= 11 is 0. The lowest BCUT2D eigenvalue weighted by Crippen LogP contribution is -2.07. The maximum absolute atomic E-state index is 10.3. The molecular formula is C8H12O2. The van der Waals surface area contributed by atoms with Crippen LogP contribution in [0.2, 0.25) is 0 Å². The molecule has 0 aromatic heterocycles. The molecule has 2 heteroatoms. The lowest BCUT2D eigenvalue weighted by molar-refractivity contribution is -0.133. The van der Waals surface area contributed by atoms with Crippen LogP contribution in [0.3, 0.4) is 0 Å². The van der Waals surface area contributed by atoms with Gasteiger partial charge in [-0.2, -0.15) is 0 Å². The number of carboxylic acid groups (broad SMARTS) is 1. The highest BCUT2D eigenvalue weighted by atomic mass is 16.4. The standard InChI is InChI=1S/C8H12O2/c1-4-5-6(2)7(3)8(9)10/h4,6H,1,3,5H2,2H3,(H,9,10). The van der Waals surface area contributed by atoms with Crippen LogP contribution in [0.1, 0.15) is 13.3 Å². The Morgan fingerprint density at radius 1 is 1.80 bits per heavy atom. The summed E-state index contributed by atoms with van der Waals surface area (Å²) in [6.07, 6.45) is 2.37. The first kappa shape index (κ1) is 8.95. The fraction of sp³-hybridized carbons (Fsp3) is 0.375. The third-order valence-electron chi connectivity index (χ3n) is 1.39. The van der Waals surface area contributed by atoms with E-state index in [9.17, 15) is 4.79 Å². The van der Waals surface area contributed by atoms with Gasteiger partial charge in [-0.1, -0.05) is 19.6 Å². The molecule has 10 heavy (non-hydrogen) atoms. The lowest BCUT2D eigenvalue weighted by atomic mass is 10.00. The van der Waals surface area contributed by atoms with Gasteiger partial charge < -0.3 is 5.11 Å². The summed E-state index contributed by atoms with van der Waals surface area (Å²) < 4.78 is 0. The molecule has 0 aliphatic heterocycles. The average molecular weight is 140 g/mol. The number of rotatable bonds is 4. The SMILES string of the molecule is C=CCC(C)C(=C)C(=O)O. The monoisotopic (exact) mass is 140 g/mol. The van der Waals surface area contributed by atoms with E-state index in [1.807, 2.05) is 6.92 Å². The minimum atomic E-state index is -0.922. The summed E-state index contributed by atoms with van der Waals surface area (Å²) in [4.78, 5) is 10.3. The number of carboxylic acids is 1. The molecule has 0 amide bonds. The molecule has 0 fully saturated rings. The minimum Gasteiger partial charge on any atom is -0.478 e. The van der Waals surface area contributed by atoms with Crippen molar-refractivity contribution in [3.8, 4) is 0 Å². The van der Waals surface area contributed by atoms with Gasteiger partial charge in [0.1, 0.15) is 0 Å². The summed E-state index contributed by atoms with van der Waals surface area (Å²) in [6, 6.07) is 0. The molecule has 0 bridgehead atoms. The summed E-state index contributed by atoms with van der Waals surface area (Å²) in [5.74, 6) is -0.927. The molecule has 56 valence electrons. The zero-order chi connectivity index (χ0) is 8.15. The second kappa shape index (κ2) is 3.88. The number of hydrogen-bond donors (Lipinski definition) is 1. The van der Waals surface area contributed by atoms with Gasteiger partial charge >= 0.3 is 5.97 Å². The van der Waals surface area contributed by atoms with Gasteiger partial charge in [-0.05, 0) is 12.3 Å². The summed E-state index contributed by atoms with van der Waals surface area (Å²) in [6.45, 7) is 8.75. The Morgan fingerprint density at radius 2 is 2.30 bits per heavy atom. The molecule has 1 atom stereocenters. The van der Waals surface area contributed by atoms with Crippen LogP contribution in [0.15, 0.2) is 24.8 Å². The zero-order valence-electron chi connectivity index (χ0n) is 6.13. The second-order valence-electron chi connectivity index (χ2n) is 2.26. The van der Waals surface area contributed by atoms with Crippen LogP contribution >= 0.6 is 0 Å². The van der Waals surface area contributed by atoms with Gasteiger partial charge in [0.2, 0.25) is 0 Å². The molecule has 1 N–H and O–H groups in total. The Bertz CT molecular complexity index is 159. The summed E-state index contributed by atoms with van der Waals surface area (Å²) in [5.41, 5.74) is 0.250. The summed E-state index contributed by atoms with van der Waals surface area (Å²) in [7, 11) is 0. The van der Waals surface area contributed by atoms with Gasteiger partial charge in [-0.15, -0.1) is 6.58 Å².